The lowest BCUT2D eigenvalue weighted by atomic mass is 10.1. The molecule has 1 aromatic heterocycles. The van der Waals surface area contributed by atoms with Crippen LogP contribution in [-0.4, -0.2) is 63.1 Å². The predicted molar refractivity (Wildman–Crippen MR) is 138 cm³/mol. The maximum absolute atomic E-state index is 13.5. The van der Waals surface area contributed by atoms with Crippen molar-refractivity contribution in [3.63, 3.8) is 0 Å². The first kappa shape index (κ1) is 25.7. The number of nitrogen functional groups attached to an aromatic ring is 1. The van der Waals surface area contributed by atoms with Crippen molar-refractivity contribution in [3.05, 3.63) is 35.5 Å². The third-order valence-electron chi connectivity index (χ3n) is 7.60. The number of aryl methyl sites for hydroxylation is 2. The number of benzene rings is 1. The largest absolute Gasteiger partial charge is 0.384 e. The summed E-state index contributed by atoms with van der Waals surface area (Å²) >= 11 is 0. The maximum atomic E-state index is 13.5. The van der Waals surface area contributed by atoms with Crippen LogP contribution in [0.5, 0.6) is 0 Å². The van der Waals surface area contributed by atoms with Crippen molar-refractivity contribution >= 4 is 34.5 Å². The molecule has 36 heavy (non-hydrogen) atoms. The first-order valence-corrected chi connectivity index (χ1v) is 12.9. The van der Waals surface area contributed by atoms with Crippen molar-refractivity contribution in [3.8, 4) is 0 Å². The number of hydrogen-bond donors (Lipinski definition) is 4. The molecule has 2 aliphatic heterocycles. The van der Waals surface area contributed by atoms with Crippen LogP contribution >= 0.6 is 0 Å². The Bertz CT molecular complexity index is 1160. The van der Waals surface area contributed by atoms with Crippen molar-refractivity contribution in [2.24, 2.45) is 11.6 Å². The standard InChI is InChI=1S/C26H37N7O3/c1-2-31-20(15-17-7-8-18(25(27)28)16-22(17)31)10-9-19-5-3-13-32(19)26(36)21-6-4-14-33(21)24(35)12-11-23(34)30-29/h7-8,15-16,19,21H,2-6,9-14,29H2,1H3,(H3,27,28)(H,30,34)/t19-,21+/m0/s1. The molecule has 0 saturated carbocycles. The van der Waals surface area contributed by atoms with Crippen LogP contribution in [0.2, 0.25) is 0 Å². The van der Waals surface area contributed by atoms with Gasteiger partial charge in [0.2, 0.25) is 17.7 Å². The monoisotopic (exact) mass is 495 g/mol. The lowest BCUT2D eigenvalue weighted by Gasteiger charge is -2.31. The summed E-state index contributed by atoms with van der Waals surface area (Å²) in [6, 6.07) is 7.76. The van der Waals surface area contributed by atoms with Gasteiger partial charge in [-0.1, -0.05) is 12.1 Å². The zero-order valence-electron chi connectivity index (χ0n) is 21.0. The minimum Gasteiger partial charge on any atom is -0.384 e. The highest BCUT2D eigenvalue weighted by molar-refractivity contribution is 5.98. The number of fused-ring (bicyclic) bond motifs is 1. The van der Waals surface area contributed by atoms with E-state index in [9.17, 15) is 14.4 Å². The van der Waals surface area contributed by atoms with Gasteiger partial charge in [0, 0.05) is 55.3 Å². The van der Waals surface area contributed by atoms with Crippen molar-refractivity contribution in [1.82, 2.24) is 19.8 Å². The van der Waals surface area contributed by atoms with Crippen LogP contribution in [0.1, 0.15) is 63.1 Å². The zero-order valence-corrected chi connectivity index (χ0v) is 21.0. The number of carbonyl (C=O) groups excluding carboxylic acids is 3. The Morgan fingerprint density at radius 1 is 1.08 bits per heavy atom. The van der Waals surface area contributed by atoms with Gasteiger partial charge in [0.15, 0.2) is 0 Å². The lowest BCUT2D eigenvalue weighted by molar-refractivity contribution is -0.144. The van der Waals surface area contributed by atoms with E-state index in [1.165, 1.54) is 5.69 Å². The summed E-state index contributed by atoms with van der Waals surface area (Å²) in [4.78, 5) is 41.3. The molecule has 6 N–H and O–H groups in total. The summed E-state index contributed by atoms with van der Waals surface area (Å²) < 4.78 is 2.26. The van der Waals surface area contributed by atoms with Gasteiger partial charge < -0.3 is 20.1 Å². The van der Waals surface area contributed by atoms with E-state index in [0.29, 0.717) is 18.5 Å². The molecule has 0 radical (unpaired) electrons. The van der Waals surface area contributed by atoms with Crippen molar-refractivity contribution < 1.29 is 14.4 Å². The molecule has 2 saturated heterocycles. The summed E-state index contributed by atoms with van der Waals surface area (Å²) in [5.41, 5.74) is 10.7. The molecule has 0 bridgehead atoms. The van der Waals surface area contributed by atoms with Crippen LogP contribution in [0.3, 0.4) is 0 Å². The lowest BCUT2D eigenvalue weighted by Crippen LogP contribution is -2.49. The second-order valence-electron chi connectivity index (χ2n) is 9.75. The number of nitrogens with two attached hydrogens (primary N) is 2. The SMILES string of the molecule is CCn1c(CC[C@@H]2CCCN2C(=O)[C@H]2CCCN2C(=O)CCC(=O)NN)cc2ccc(C(=N)N)cc21. The van der Waals surface area contributed by atoms with Crippen LogP contribution in [-0.2, 0) is 27.3 Å². The molecule has 1 aromatic carbocycles. The minimum atomic E-state index is -0.439. The Balaban J connectivity index is 1.43. The molecule has 0 unspecified atom stereocenters. The number of carbonyl (C=O) groups is 3. The van der Waals surface area contributed by atoms with Gasteiger partial charge >= 0.3 is 0 Å². The number of likely N-dealkylation sites (tertiary alicyclic amines) is 2. The van der Waals surface area contributed by atoms with E-state index < -0.39 is 6.04 Å². The summed E-state index contributed by atoms with van der Waals surface area (Å²) in [6.45, 7) is 4.19. The second-order valence-corrected chi connectivity index (χ2v) is 9.75. The number of nitrogens with one attached hydrogen (secondary N) is 2. The number of rotatable bonds is 9. The number of amides is 3. The van der Waals surface area contributed by atoms with Gasteiger partial charge in [0.05, 0.1) is 0 Å². The fourth-order valence-electron chi connectivity index (χ4n) is 5.75. The molecule has 2 fully saturated rings. The minimum absolute atomic E-state index is 0.0262. The average Bonchev–Trinajstić information content (AvgIpc) is 3.62. The smallest absolute Gasteiger partial charge is 0.245 e. The number of aromatic nitrogens is 1. The Morgan fingerprint density at radius 3 is 2.56 bits per heavy atom. The second kappa shape index (κ2) is 11.1. The first-order valence-electron chi connectivity index (χ1n) is 12.9. The number of hydrazine groups is 1. The highest BCUT2D eigenvalue weighted by Gasteiger charge is 2.39. The highest BCUT2D eigenvalue weighted by Crippen LogP contribution is 2.29. The van der Waals surface area contributed by atoms with Gasteiger partial charge in [-0.25, -0.2) is 5.84 Å². The Labute approximate surface area is 211 Å². The Hall–Kier alpha value is -3.40. The fraction of sp³-hybridized carbons (Fsp3) is 0.538. The van der Waals surface area contributed by atoms with E-state index in [2.05, 4.69) is 17.6 Å². The molecule has 4 rings (SSSR count). The molecule has 0 spiro atoms. The van der Waals surface area contributed by atoms with E-state index in [1.807, 2.05) is 28.5 Å². The van der Waals surface area contributed by atoms with Gasteiger partial charge in [-0.15, -0.1) is 0 Å². The van der Waals surface area contributed by atoms with E-state index in [4.69, 9.17) is 17.0 Å². The first-order chi connectivity index (χ1) is 17.3. The normalized spacial score (nSPS) is 19.7. The summed E-state index contributed by atoms with van der Waals surface area (Å²) in [5, 5.41) is 8.87. The zero-order chi connectivity index (χ0) is 25.8. The molecule has 3 heterocycles. The maximum Gasteiger partial charge on any atom is 0.245 e. The topological polar surface area (TPSA) is 151 Å². The van der Waals surface area contributed by atoms with Crippen molar-refractivity contribution in [1.29, 1.82) is 5.41 Å². The third-order valence-corrected chi connectivity index (χ3v) is 7.60. The fourth-order valence-corrected chi connectivity index (χ4v) is 5.75. The van der Waals surface area contributed by atoms with Gasteiger partial charge in [0.25, 0.3) is 0 Å². The van der Waals surface area contributed by atoms with Crippen LogP contribution in [0.25, 0.3) is 10.9 Å². The number of amidine groups is 1. The quantitative estimate of drug-likeness (QED) is 0.137. The Kier molecular flexibility index (Phi) is 7.93. The summed E-state index contributed by atoms with van der Waals surface area (Å²) in [7, 11) is 0. The molecular formula is C26H37N7O3. The van der Waals surface area contributed by atoms with Crippen LogP contribution in [0, 0.1) is 5.41 Å². The molecular weight excluding hydrogens is 458 g/mol. The van der Waals surface area contributed by atoms with Crippen molar-refractivity contribution in [2.45, 2.75) is 76.9 Å². The van der Waals surface area contributed by atoms with Gasteiger partial charge in [-0.2, -0.15) is 0 Å². The van der Waals surface area contributed by atoms with Crippen LogP contribution in [0.15, 0.2) is 24.3 Å². The van der Waals surface area contributed by atoms with E-state index >= 15 is 0 Å². The van der Waals surface area contributed by atoms with E-state index in [1.54, 1.807) is 4.90 Å². The summed E-state index contributed by atoms with van der Waals surface area (Å²) in [5.74, 6) is 4.66. The van der Waals surface area contributed by atoms with Crippen molar-refractivity contribution in [2.75, 3.05) is 13.1 Å². The molecule has 194 valence electrons. The molecule has 0 aliphatic carbocycles. The molecule has 2 aromatic rings. The van der Waals surface area contributed by atoms with E-state index in [-0.39, 0.29) is 42.4 Å². The molecule has 2 atom stereocenters. The van der Waals surface area contributed by atoms with Crippen LogP contribution < -0.4 is 17.0 Å². The predicted octanol–water partition coefficient (Wildman–Crippen LogP) is 1.63. The van der Waals surface area contributed by atoms with Gasteiger partial charge in [-0.05, 0) is 63.0 Å². The molecule has 2 aliphatic rings. The molecule has 3 amide bonds. The molecule has 10 nitrogen and oxygen atoms in total. The number of hydrogen-bond acceptors (Lipinski definition) is 5. The highest BCUT2D eigenvalue weighted by atomic mass is 16.2. The van der Waals surface area contributed by atoms with Gasteiger partial charge in [-0.3, -0.25) is 25.2 Å². The van der Waals surface area contributed by atoms with Gasteiger partial charge in [0.1, 0.15) is 11.9 Å². The number of nitrogens with zero attached hydrogens (tertiary/aromatic N) is 3. The third kappa shape index (κ3) is 5.23. The molecule has 10 heteroatoms. The Morgan fingerprint density at radius 2 is 1.83 bits per heavy atom. The summed E-state index contributed by atoms with van der Waals surface area (Å²) in [6.07, 6.45) is 5.17. The van der Waals surface area contributed by atoms with Crippen LogP contribution in [0.4, 0.5) is 0 Å². The van der Waals surface area contributed by atoms with E-state index in [0.717, 1.165) is 56.1 Å². The average molecular weight is 496 g/mol.